The van der Waals surface area contributed by atoms with Crippen LogP contribution in [-0.4, -0.2) is 9.97 Å². The summed E-state index contributed by atoms with van der Waals surface area (Å²) in [6.45, 7) is 0. The maximum atomic E-state index is 10.9. The molecule has 0 saturated carbocycles. The third kappa shape index (κ3) is 1.30. The zero-order valence-electron chi connectivity index (χ0n) is 6.71. The van der Waals surface area contributed by atoms with E-state index in [1.165, 1.54) is 18.2 Å². The van der Waals surface area contributed by atoms with Gasteiger partial charge in [0.25, 0.3) is 5.56 Å². The number of H-pyrrole nitrogens is 1. The smallest absolute Gasteiger partial charge is 0.266 e. The molecule has 0 spiro atoms. The van der Waals surface area contributed by atoms with Gasteiger partial charge in [0.15, 0.2) is 0 Å². The van der Waals surface area contributed by atoms with Crippen LogP contribution in [0.5, 0.6) is 0 Å². The van der Waals surface area contributed by atoms with Gasteiger partial charge >= 0.3 is 0 Å². The summed E-state index contributed by atoms with van der Waals surface area (Å²) in [4.78, 5) is 17.5. The monoisotopic (exact) mass is 162 g/mol. The number of aromatic amines is 1. The van der Waals surface area contributed by atoms with Crippen molar-refractivity contribution in [1.82, 2.24) is 9.97 Å². The van der Waals surface area contributed by atoms with E-state index in [2.05, 4.69) is 16.0 Å². The molecule has 0 aromatic carbocycles. The molecule has 2 rings (SSSR count). The Morgan fingerprint density at radius 1 is 1.42 bits per heavy atom. The second-order valence-corrected chi connectivity index (χ2v) is 2.93. The number of hydrogen-bond acceptors (Lipinski definition) is 2. The molecule has 1 N–H and O–H groups in total. The van der Waals surface area contributed by atoms with Gasteiger partial charge in [-0.25, -0.2) is 0 Å². The third-order valence-electron chi connectivity index (χ3n) is 2.04. The Morgan fingerprint density at radius 2 is 2.33 bits per heavy atom. The third-order valence-corrected chi connectivity index (χ3v) is 2.04. The number of rotatable bonds is 1. The second-order valence-electron chi connectivity index (χ2n) is 2.93. The van der Waals surface area contributed by atoms with E-state index >= 15 is 0 Å². The first kappa shape index (κ1) is 7.28. The van der Waals surface area contributed by atoms with Crippen LogP contribution >= 0.6 is 0 Å². The van der Waals surface area contributed by atoms with Gasteiger partial charge in [-0.3, -0.25) is 9.78 Å². The molecular weight excluding hydrogens is 152 g/mol. The van der Waals surface area contributed by atoms with E-state index in [4.69, 9.17) is 0 Å². The van der Waals surface area contributed by atoms with Crippen molar-refractivity contribution in [3.63, 3.8) is 0 Å². The summed E-state index contributed by atoms with van der Waals surface area (Å²) in [5, 5.41) is 0. The van der Waals surface area contributed by atoms with Crippen LogP contribution in [0.25, 0.3) is 5.57 Å². The van der Waals surface area contributed by atoms with Gasteiger partial charge in [0.2, 0.25) is 0 Å². The fraction of sp³-hybridized carbons (Fsp3) is 0.333. The molecular formula is C9H10N2O. The Bertz CT molecular complexity index is 365. The average molecular weight is 162 g/mol. The highest BCUT2D eigenvalue weighted by Gasteiger charge is 2.07. The highest BCUT2D eigenvalue weighted by Crippen LogP contribution is 2.24. The summed E-state index contributed by atoms with van der Waals surface area (Å²) < 4.78 is 0. The van der Waals surface area contributed by atoms with Crippen LogP contribution in [0.1, 0.15) is 25.0 Å². The van der Waals surface area contributed by atoms with Crippen molar-refractivity contribution in [3.8, 4) is 0 Å². The van der Waals surface area contributed by atoms with Gasteiger partial charge in [-0.2, -0.15) is 0 Å². The predicted molar refractivity (Wildman–Crippen MR) is 46.7 cm³/mol. The Balaban J connectivity index is 2.39. The summed E-state index contributed by atoms with van der Waals surface area (Å²) in [5.41, 5.74) is 1.97. The zero-order valence-corrected chi connectivity index (χ0v) is 6.71. The molecule has 0 aliphatic heterocycles. The minimum Gasteiger partial charge on any atom is -0.320 e. The SMILES string of the molecule is O=c1cncc(C2=CCCC2)[nH]1. The molecule has 0 atom stereocenters. The topological polar surface area (TPSA) is 45.8 Å². The molecule has 0 radical (unpaired) electrons. The second kappa shape index (κ2) is 2.93. The van der Waals surface area contributed by atoms with Crippen LogP contribution in [0, 0.1) is 0 Å². The van der Waals surface area contributed by atoms with Crippen molar-refractivity contribution in [1.29, 1.82) is 0 Å². The minimum absolute atomic E-state index is 0.125. The van der Waals surface area contributed by atoms with E-state index < -0.39 is 0 Å². The Morgan fingerprint density at radius 3 is 3.00 bits per heavy atom. The Kier molecular flexibility index (Phi) is 1.78. The lowest BCUT2D eigenvalue weighted by atomic mass is 10.2. The number of allylic oxidation sites excluding steroid dienone is 2. The highest BCUT2D eigenvalue weighted by atomic mass is 16.1. The van der Waals surface area contributed by atoms with E-state index in [0.717, 1.165) is 18.5 Å². The minimum atomic E-state index is -0.125. The molecule has 12 heavy (non-hydrogen) atoms. The fourth-order valence-electron chi connectivity index (χ4n) is 1.46. The highest BCUT2D eigenvalue weighted by molar-refractivity contribution is 5.63. The lowest BCUT2D eigenvalue weighted by molar-refractivity contribution is 0.930. The van der Waals surface area contributed by atoms with Gasteiger partial charge in [0, 0.05) is 0 Å². The van der Waals surface area contributed by atoms with Gasteiger partial charge in [-0.05, 0) is 24.8 Å². The van der Waals surface area contributed by atoms with E-state index in [-0.39, 0.29) is 5.56 Å². The normalized spacial score (nSPS) is 16.2. The van der Waals surface area contributed by atoms with E-state index in [9.17, 15) is 4.79 Å². The first-order valence-electron chi connectivity index (χ1n) is 4.10. The number of aromatic nitrogens is 2. The maximum Gasteiger partial charge on any atom is 0.266 e. The van der Waals surface area contributed by atoms with E-state index in [1.54, 1.807) is 6.20 Å². The van der Waals surface area contributed by atoms with Crippen LogP contribution in [0.4, 0.5) is 0 Å². The lowest BCUT2D eigenvalue weighted by Crippen LogP contribution is -2.07. The summed E-state index contributed by atoms with van der Waals surface area (Å²) in [6, 6.07) is 0. The molecule has 1 aromatic rings. The quantitative estimate of drug-likeness (QED) is 0.677. The van der Waals surface area contributed by atoms with E-state index in [1.807, 2.05) is 0 Å². The van der Waals surface area contributed by atoms with Gasteiger partial charge in [0.1, 0.15) is 0 Å². The number of nitrogens with one attached hydrogen (secondary N) is 1. The van der Waals surface area contributed by atoms with Gasteiger partial charge in [0.05, 0.1) is 18.1 Å². The molecule has 0 amide bonds. The van der Waals surface area contributed by atoms with Crippen molar-refractivity contribution < 1.29 is 0 Å². The van der Waals surface area contributed by atoms with Crippen LogP contribution in [0.15, 0.2) is 23.3 Å². The molecule has 0 unspecified atom stereocenters. The van der Waals surface area contributed by atoms with Gasteiger partial charge < -0.3 is 4.98 Å². The lowest BCUT2D eigenvalue weighted by Gasteiger charge is -1.98. The maximum absolute atomic E-state index is 10.9. The fourth-order valence-corrected chi connectivity index (χ4v) is 1.46. The van der Waals surface area contributed by atoms with E-state index in [0.29, 0.717) is 0 Å². The van der Waals surface area contributed by atoms with Gasteiger partial charge in [-0.1, -0.05) is 6.08 Å². The Hall–Kier alpha value is -1.38. The largest absolute Gasteiger partial charge is 0.320 e. The first-order valence-corrected chi connectivity index (χ1v) is 4.10. The van der Waals surface area contributed by atoms with Crippen molar-refractivity contribution in [3.05, 3.63) is 34.5 Å². The molecule has 1 heterocycles. The Labute approximate surface area is 70.2 Å². The summed E-state index contributed by atoms with van der Waals surface area (Å²) in [5.74, 6) is 0. The molecule has 3 heteroatoms. The summed E-state index contributed by atoms with van der Waals surface area (Å²) in [6.07, 6.45) is 8.52. The van der Waals surface area contributed by atoms with Crippen molar-refractivity contribution in [2.24, 2.45) is 0 Å². The van der Waals surface area contributed by atoms with Crippen LogP contribution in [-0.2, 0) is 0 Å². The number of hydrogen-bond donors (Lipinski definition) is 1. The summed E-state index contributed by atoms with van der Waals surface area (Å²) in [7, 11) is 0. The molecule has 1 aromatic heterocycles. The zero-order chi connectivity index (χ0) is 8.39. The van der Waals surface area contributed by atoms with Crippen LogP contribution in [0.3, 0.4) is 0 Å². The molecule has 1 aliphatic rings. The van der Waals surface area contributed by atoms with Crippen molar-refractivity contribution in [2.45, 2.75) is 19.3 Å². The number of nitrogens with zero attached hydrogens (tertiary/aromatic N) is 1. The van der Waals surface area contributed by atoms with Crippen LogP contribution < -0.4 is 5.56 Å². The molecule has 0 saturated heterocycles. The van der Waals surface area contributed by atoms with Crippen LogP contribution in [0.2, 0.25) is 0 Å². The standard InChI is InChI=1S/C9H10N2O/c12-9-6-10-5-8(11-9)7-3-1-2-4-7/h3,5-6H,1-2,4H2,(H,11,12). The first-order chi connectivity index (χ1) is 5.86. The summed E-state index contributed by atoms with van der Waals surface area (Å²) >= 11 is 0. The molecule has 62 valence electrons. The molecule has 0 bridgehead atoms. The van der Waals surface area contributed by atoms with Crippen molar-refractivity contribution >= 4 is 5.57 Å². The molecule has 3 nitrogen and oxygen atoms in total. The van der Waals surface area contributed by atoms with Gasteiger partial charge in [-0.15, -0.1) is 0 Å². The molecule has 0 fully saturated rings. The predicted octanol–water partition coefficient (Wildman–Crippen LogP) is 1.34. The molecule has 1 aliphatic carbocycles. The average Bonchev–Trinajstić information content (AvgIpc) is 2.56. The van der Waals surface area contributed by atoms with Crippen molar-refractivity contribution in [2.75, 3.05) is 0 Å².